The summed E-state index contributed by atoms with van der Waals surface area (Å²) in [5.41, 5.74) is 2.04. The van der Waals surface area contributed by atoms with Gasteiger partial charge in [-0.25, -0.2) is 8.78 Å². The highest BCUT2D eigenvalue weighted by Crippen LogP contribution is 2.29. The van der Waals surface area contributed by atoms with Crippen LogP contribution in [0.15, 0.2) is 28.7 Å². The fourth-order valence-electron chi connectivity index (χ4n) is 3.25. The van der Waals surface area contributed by atoms with Gasteiger partial charge in [-0.3, -0.25) is 14.4 Å². The molecule has 1 aliphatic heterocycles. The summed E-state index contributed by atoms with van der Waals surface area (Å²) in [5, 5.41) is 6.61. The molecule has 2 heterocycles. The van der Waals surface area contributed by atoms with E-state index in [2.05, 4.69) is 31.2 Å². The predicted octanol–water partition coefficient (Wildman–Crippen LogP) is 4.52. The molecule has 27 heavy (non-hydrogen) atoms. The van der Waals surface area contributed by atoms with Crippen LogP contribution in [0, 0.1) is 6.92 Å². The van der Waals surface area contributed by atoms with Crippen molar-refractivity contribution in [1.82, 2.24) is 14.7 Å². The maximum Gasteiger partial charge on any atom is 0.283 e. The molecule has 0 saturated carbocycles. The Labute approximate surface area is 165 Å². The summed E-state index contributed by atoms with van der Waals surface area (Å²) in [4.78, 5) is 14.7. The monoisotopic (exact) mass is 440 g/mol. The van der Waals surface area contributed by atoms with Crippen molar-refractivity contribution in [3.63, 3.8) is 0 Å². The van der Waals surface area contributed by atoms with Gasteiger partial charge in [0, 0.05) is 12.2 Å². The van der Waals surface area contributed by atoms with Gasteiger partial charge in [-0.15, -0.1) is 0 Å². The smallest absolute Gasteiger partial charge is 0.283 e. The molecule has 0 atom stereocenters. The summed E-state index contributed by atoms with van der Waals surface area (Å²) in [7, 11) is 0. The zero-order valence-electron chi connectivity index (χ0n) is 15.2. The SMILES string of the molecule is Cc1c(Br)c(C(F)F)nn1CC(=O)Nc1ccc(CN2CCCCC2)cc1. The first-order valence-electron chi connectivity index (χ1n) is 9.06. The van der Waals surface area contributed by atoms with Crippen molar-refractivity contribution in [2.24, 2.45) is 0 Å². The first kappa shape index (κ1) is 19.9. The van der Waals surface area contributed by atoms with E-state index in [0.717, 1.165) is 19.6 Å². The summed E-state index contributed by atoms with van der Waals surface area (Å²) in [5.74, 6) is -0.308. The Bertz CT molecular complexity index is 786. The van der Waals surface area contributed by atoms with E-state index in [1.807, 2.05) is 24.3 Å². The number of aromatic nitrogens is 2. The zero-order valence-corrected chi connectivity index (χ0v) is 16.8. The molecule has 1 N–H and O–H groups in total. The van der Waals surface area contributed by atoms with E-state index in [1.165, 1.54) is 29.5 Å². The Morgan fingerprint density at radius 3 is 2.48 bits per heavy atom. The summed E-state index contributed by atoms with van der Waals surface area (Å²) >= 11 is 3.11. The van der Waals surface area contributed by atoms with Crippen molar-refractivity contribution in [2.45, 2.75) is 45.7 Å². The van der Waals surface area contributed by atoms with E-state index in [4.69, 9.17) is 0 Å². The number of halogens is 3. The van der Waals surface area contributed by atoms with Crippen LogP contribution >= 0.6 is 15.9 Å². The molecule has 1 saturated heterocycles. The lowest BCUT2D eigenvalue weighted by Gasteiger charge is -2.26. The predicted molar refractivity (Wildman–Crippen MR) is 104 cm³/mol. The van der Waals surface area contributed by atoms with Crippen LogP contribution in [0.2, 0.25) is 0 Å². The van der Waals surface area contributed by atoms with Gasteiger partial charge in [0.25, 0.3) is 6.43 Å². The lowest BCUT2D eigenvalue weighted by atomic mass is 10.1. The highest BCUT2D eigenvalue weighted by atomic mass is 79.9. The number of piperidine rings is 1. The minimum Gasteiger partial charge on any atom is -0.324 e. The molecule has 0 aliphatic carbocycles. The van der Waals surface area contributed by atoms with Crippen molar-refractivity contribution >= 4 is 27.5 Å². The Morgan fingerprint density at radius 2 is 1.89 bits per heavy atom. The summed E-state index contributed by atoms with van der Waals surface area (Å²) in [6, 6.07) is 7.75. The van der Waals surface area contributed by atoms with Gasteiger partial charge in [-0.05, 0) is 66.5 Å². The number of nitrogens with zero attached hydrogens (tertiary/aromatic N) is 3. The number of carbonyl (C=O) groups excluding carboxylic acids is 1. The van der Waals surface area contributed by atoms with Crippen LogP contribution in [0.3, 0.4) is 0 Å². The Morgan fingerprint density at radius 1 is 1.22 bits per heavy atom. The zero-order chi connectivity index (χ0) is 19.4. The molecule has 0 radical (unpaired) electrons. The van der Waals surface area contributed by atoms with Crippen molar-refractivity contribution in [1.29, 1.82) is 0 Å². The number of rotatable bonds is 6. The molecule has 1 amide bonds. The molecule has 0 spiro atoms. The second-order valence-corrected chi connectivity index (χ2v) is 7.62. The van der Waals surface area contributed by atoms with E-state index in [1.54, 1.807) is 6.92 Å². The topological polar surface area (TPSA) is 50.2 Å². The van der Waals surface area contributed by atoms with Gasteiger partial charge >= 0.3 is 0 Å². The van der Waals surface area contributed by atoms with Gasteiger partial charge in [0.05, 0.1) is 10.2 Å². The Hall–Kier alpha value is -1.80. The number of carbonyl (C=O) groups is 1. The minimum absolute atomic E-state index is 0.118. The molecule has 0 bridgehead atoms. The van der Waals surface area contributed by atoms with Crippen LogP contribution in [0.25, 0.3) is 0 Å². The molecular weight excluding hydrogens is 418 g/mol. The van der Waals surface area contributed by atoms with E-state index < -0.39 is 6.43 Å². The third kappa shape index (κ3) is 5.13. The lowest BCUT2D eigenvalue weighted by molar-refractivity contribution is -0.117. The van der Waals surface area contributed by atoms with E-state index in [0.29, 0.717) is 11.4 Å². The summed E-state index contributed by atoms with van der Waals surface area (Å²) in [6.07, 6.45) is 1.14. The average molecular weight is 441 g/mol. The standard InChI is InChI=1S/C19H23BrF2N4O/c1-13-17(20)18(19(21)22)24-26(13)12-16(27)23-15-7-5-14(6-8-15)11-25-9-3-2-4-10-25/h5-8,19H,2-4,9-12H2,1H3,(H,23,27). The molecule has 1 aliphatic rings. The van der Waals surface area contributed by atoms with Gasteiger partial charge in [-0.1, -0.05) is 18.6 Å². The van der Waals surface area contributed by atoms with Crippen LogP contribution in [0.1, 0.15) is 42.6 Å². The number of amides is 1. The molecule has 2 aromatic rings. The van der Waals surface area contributed by atoms with Crippen molar-refractivity contribution < 1.29 is 13.6 Å². The Balaban J connectivity index is 1.57. The number of hydrogen-bond donors (Lipinski definition) is 1. The molecule has 8 heteroatoms. The molecule has 5 nitrogen and oxygen atoms in total. The van der Waals surface area contributed by atoms with Crippen molar-refractivity contribution in [3.8, 4) is 0 Å². The molecule has 0 unspecified atom stereocenters. The van der Waals surface area contributed by atoms with Gasteiger partial charge in [0.2, 0.25) is 5.91 Å². The molecule has 1 aromatic heterocycles. The minimum atomic E-state index is -2.69. The van der Waals surface area contributed by atoms with Crippen LogP contribution in [-0.4, -0.2) is 33.7 Å². The van der Waals surface area contributed by atoms with Gasteiger partial charge in [-0.2, -0.15) is 5.10 Å². The van der Waals surface area contributed by atoms with E-state index >= 15 is 0 Å². The maximum atomic E-state index is 12.9. The first-order valence-corrected chi connectivity index (χ1v) is 9.85. The number of alkyl halides is 2. The number of hydrogen-bond acceptors (Lipinski definition) is 3. The van der Waals surface area contributed by atoms with E-state index in [-0.39, 0.29) is 22.6 Å². The van der Waals surface area contributed by atoms with E-state index in [9.17, 15) is 13.6 Å². The average Bonchev–Trinajstić information content (AvgIpc) is 2.93. The number of benzene rings is 1. The van der Waals surface area contributed by atoms with Crippen LogP contribution in [0.4, 0.5) is 14.5 Å². The Kier molecular flexibility index (Phi) is 6.59. The summed E-state index contributed by atoms with van der Waals surface area (Å²) in [6.45, 7) is 4.72. The highest BCUT2D eigenvalue weighted by molar-refractivity contribution is 9.10. The van der Waals surface area contributed by atoms with Crippen LogP contribution < -0.4 is 5.32 Å². The van der Waals surface area contributed by atoms with Gasteiger partial charge < -0.3 is 5.32 Å². The molecule has 1 fully saturated rings. The molecule has 1 aromatic carbocycles. The number of nitrogens with one attached hydrogen (secondary N) is 1. The molecule has 3 rings (SSSR count). The fraction of sp³-hybridized carbons (Fsp3) is 0.474. The number of anilines is 1. The third-order valence-corrected chi connectivity index (χ3v) is 5.73. The van der Waals surface area contributed by atoms with Crippen molar-refractivity contribution in [2.75, 3.05) is 18.4 Å². The third-order valence-electron chi connectivity index (χ3n) is 4.75. The summed E-state index contributed by atoms with van der Waals surface area (Å²) < 4.78 is 27.3. The molecular formula is C19H23BrF2N4O. The quantitative estimate of drug-likeness (QED) is 0.718. The van der Waals surface area contributed by atoms with Gasteiger partial charge in [0.15, 0.2) is 0 Å². The van der Waals surface area contributed by atoms with Crippen LogP contribution in [0.5, 0.6) is 0 Å². The van der Waals surface area contributed by atoms with Crippen molar-refractivity contribution in [3.05, 3.63) is 45.7 Å². The largest absolute Gasteiger partial charge is 0.324 e. The first-order chi connectivity index (χ1) is 12.9. The second-order valence-electron chi connectivity index (χ2n) is 6.82. The fourth-order valence-corrected chi connectivity index (χ4v) is 3.70. The maximum absolute atomic E-state index is 12.9. The second kappa shape index (κ2) is 8.93. The lowest BCUT2D eigenvalue weighted by Crippen LogP contribution is -2.29. The number of likely N-dealkylation sites (tertiary alicyclic amines) is 1. The normalized spacial score (nSPS) is 15.3. The van der Waals surface area contributed by atoms with Gasteiger partial charge in [0.1, 0.15) is 12.2 Å². The highest BCUT2D eigenvalue weighted by Gasteiger charge is 2.21. The van der Waals surface area contributed by atoms with Crippen LogP contribution in [-0.2, 0) is 17.9 Å². The molecule has 146 valence electrons.